The van der Waals surface area contributed by atoms with Gasteiger partial charge in [0.1, 0.15) is 0 Å². The van der Waals surface area contributed by atoms with Crippen LogP contribution < -0.4 is 0 Å². The number of carbonyl (C=O) groups excluding carboxylic acids is 1. The molecule has 3 aromatic heterocycles. The summed E-state index contributed by atoms with van der Waals surface area (Å²) in [4.78, 5) is 13.1. The third kappa shape index (κ3) is 3.66. The molecule has 0 spiro atoms. The van der Waals surface area contributed by atoms with E-state index in [2.05, 4.69) is 40.7 Å². The van der Waals surface area contributed by atoms with E-state index in [1.165, 1.54) is 22.7 Å². The zero-order valence-corrected chi connectivity index (χ0v) is 18.9. The predicted molar refractivity (Wildman–Crippen MR) is 123 cm³/mol. The summed E-state index contributed by atoms with van der Waals surface area (Å²) < 4.78 is 10.1. The molecular weight excluding hydrogens is 408 g/mol. The van der Waals surface area contributed by atoms with Gasteiger partial charge in [0.2, 0.25) is 0 Å². The predicted octanol–water partition coefficient (Wildman–Crippen LogP) is 4.76. The highest BCUT2D eigenvalue weighted by molar-refractivity contribution is 7.99. The number of ketones is 1. The maximum Gasteiger partial charge on any atom is 0.196 e. The van der Waals surface area contributed by atoms with Crippen LogP contribution in [0.5, 0.6) is 0 Å². The lowest BCUT2D eigenvalue weighted by molar-refractivity contribution is 0.0957. The van der Waals surface area contributed by atoms with Gasteiger partial charge < -0.3 is 9.30 Å². The molecule has 0 amide bonds. The lowest BCUT2D eigenvalue weighted by Crippen LogP contribution is -2.17. The Morgan fingerprint density at radius 1 is 1.19 bits per heavy atom. The smallest absolute Gasteiger partial charge is 0.196 e. The molecule has 160 valence electrons. The third-order valence-electron chi connectivity index (χ3n) is 6.19. The number of hydrogen-bond donors (Lipinski definition) is 0. The fourth-order valence-electron chi connectivity index (χ4n) is 4.53. The van der Waals surface area contributed by atoms with Gasteiger partial charge in [-0.2, -0.15) is 0 Å². The number of rotatable bonds is 6. The molecule has 31 heavy (non-hydrogen) atoms. The largest absolute Gasteiger partial charge is 0.376 e. The molecule has 0 bridgehead atoms. The lowest BCUT2D eigenvalue weighted by atomic mass is 10.1. The molecule has 0 radical (unpaired) electrons. The maximum atomic E-state index is 13.1. The number of thioether (sulfide) groups is 1. The van der Waals surface area contributed by atoms with Crippen molar-refractivity contribution < 1.29 is 9.53 Å². The van der Waals surface area contributed by atoms with Gasteiger partial charge in [-0.05, 0) is 57.4 Å². The molecule has 6 nitrogen and oxygen atoms in total. The van der Waals surface area contributed by atoms with Crippen LogP contribution in [0.25, 0.3) is 16.6 Å². The minimum absolute atomic E-state index is 0.116. The van der Waals surface area contributed by atoms with Crippen LogP contribution in [0.15, 0.2) is 41.6 Å². The lowest BCUT2D eigenvalue weighted by Gasteiger charge is -2.14. The van der Waals surface area contributed by atoms with Gasteiger partial charge in [-0.25, -0.2) is 0 Å². The summed E-state index contributed by atoms with van der Waals surface area (Å²) in [5.74, 6) is 0.442. The van der Waals surface area contributed by atoms with Crippen molar-refractivity contribution in [2.24, 2.45) is 0 Å². The van der Waals surface area contributed by atoms with E-state index in [4.69, 9.17) is 4.74 Å². The number of carbonyl (C=O) groups is 1. The van der Waals surface area contributed by atoms with E-state index in [1.807, 2.05) is 35.6 Å². The third-order valence-corrected chi connectivity index (χ3v) is 7.12. The summed E-state index contributed by atoms with van der Waals surface area (Å²) in [7, 11) is 0. The Labute approximate surface area is 185 Å². The zero-order chi connectivity index (χ0) is 21.5. The van der Waals surface area contributed by atoms with Crippen LogP contribution in [-0.2, 0) is 11.3 Å². The van der Waals surface area contributed by atoms with Crippen LogP contribution in [0.3, 0.4) is 0 Å². The van der Waals surface area contributed by atoms with E-state index < -0.39 is 0 Å². The van der Waals surface area contributed by atoms with Crippen LogP contribution in [0.1, 0.15) is 40.2 Å². The molecule has 0 unspecified atom stereocenters. The fraction of sp³-hybridized carbons (Fsp3) is 0.375. The van der Waals surface area contributed by atoms with Crippen molar-refractivity contribution in [3.8, 4) is 0 Å². The quantitative estimate of drug-likeness (QED) is 0.323. The summed E-state index contributed by atoms with van der Waals surface area (Å²) in [5.41, 5.74) is 5.95. The number of pyridine rings is 1. The van der Waals surface area contributed by atoms with Gasteiger partial charge >= 0.3 is 0 Å². The number of aromatic nitrogens is 4. The second kappa shape index (κ2) is 8.13. The minimum atomic E-state index is 0.116. The molecular formula is C24H26N4O2S. The van der Waals surface area contributed by atoms with Gasteiger partial charge in [0.05, 0.1) is 17.4 Å². The summed E-state index contributed by atoms with van der Waals surface area (Å²) in [5, 5.41) is 10.6. The molecule has 4 heterocycles. The Morgan fingerprint density at radius 2 is 2.03 bits per heavy atom. The number of ether oxygens (including phenoxy) is 1. The Hall–Kier alpha value is -2.64. The van der Waals surface area contributed by atoms with E-state index in [-0.39, 0.29) is 11.9 Å². The number of aryl methyl sites for hydroxylation is 2. The molecule has 1 aromatic carbocycles. The summed E-state index contributed by atoms with van der Waals surface area (Å²) in [6.07, 6.45) is 2.46. The molecule has 1 aliphatic rings. The molecule has 1 saturated heterocycles. The Morgan fingerprint density at radius 3 is 2.84 bits per heavy atom. The highest BCUT2D eigenvalue weighted by Gasteiger charge is 2.22. The molecule has 4 aromatic rings. The number of para-hydroxylation sites is 1. The maximum absolute atomic E-state index is 13.1. The highest BCUT2D eigenvalue weighted by atomic mass is 32.2. The first-order valence-corrected chi connectivity index (χ1v) is 11.7. The van der Waals surface area contributed by atoms with Crippen molar-refractivity contribution in [3.05, 3.63) is 58.9 Å². The Kier molecular flexibility index (Phi) is 5.32. The van der Waals surface area contributed by atoms with Gasteiger partial charge in [-0.15, -0.1) is 10.2 Å². The standard InChI is InChI=1S/C24H26N4O2S/c1-15-11-23-25-26-24(28(23)21-9-5-4-8-19(15)21)31-14-22(29)20-12-16(2)27(17(20)3)13-18-7-6-10-30-18/h4-5,8-9,11-12,18H,6-7,10,13-14H2,1-3H3/t18-/m1/s1. The molecule has 5 rings (SSSR count). The Balaban J connectivity index is 1.39. The van der Waals surface area contributed by atoms with Gasteiger partial charge in [-0.1, -0.05) is 30.0 Å². The van der Waals surface area contributed by atoms with Crippen LogP contribution >= 0.6 is 11.8 Å². The monoisotopic (exact) mass is 434 g/mol. The van der Waals surface area contributed by atoms with E-state index in [9.17, 15) is 4.79 Å². The molecule has 0 N–H and O–H groups in total. The average molecular weight is 435 g/mol. The van der Waals surface area contributed by atoms with Crippen molar-refractivity contribution in [1.29, 1.82) is 0 Å². The van der Waals surface area contributed by atoms with Gasteiger partial charge in [0.25, 0.3) is 0 Å². The van der Waals surface area contributed by atoms with Crippen LogP contribution in [0.2, 0.25) is 0 Å². The SMILES string of the molecule is Cc1cc2nnc(SCC(=O)c3cc(C)n(C[C@H]4CCCO4)c3C)n2c2ccccc12. The normalized spacial score (nSPS) is 16.5. The molecule has 0 aliphatic carbocycles. The number of Topliss-reactive ketones (excluding diaryl/α,β-unsaturated/α-hetero) is 1. The molecule has 1 aliphatic heterocycles. The second-order valence-electron chi connectivity index (χ2n) is 8.26. The van der Waals surface area contributed by atoms with E-state index >= 15 is 0 Å². The van der Waals surface area contributed by atoms with Crippen molar-refractivity contribution in [1.82, 2.24) is 19.2 Å². The van der Waals surface area contributed by atoms with Gasteiger partial charge in [-0.3, -0.25) is 9.20 Å². The first-order chi connectivity index (χ1) is 15.0. The number of fused-ring (bicyclic) bond motifs is 3. The van der Waals surface area contributed by atoms with E-state index in [0.29, 0.717) is 5.75 Å². The fourth-order valence-corrected chi connectivity index (χ4v) is 5.37. The van der Waals surface area contributed by atoms with Crippen LogP contribution in [-0.4, -0.2) is 43.4 Å². The van der Waals surface area contributed by atoms with Crippen molar-refractivity contribution in [2.45, 2.75) is 51.4 Å². The first-order valence-electron chi connectivity index (χ1n) is 10.7. The molecule has 0 saturated carbocycles. The highest BCUT2D eigenvalue weighted by Crippen LogP contribution is 2.27. The average Bonchev–Trinajstić information content (AvgIpc) is 3.49. The van der Waals surface area contributed by atoms with Gasteiger partial charge in [0, 0.05) is 35.5 Å². The number of nitrogens with zero attached hydrogens (tertiary/aromatic N) is 4. The topological polar surface area (TPSA) is 61.4 Å². The summed E-state index contributed by atoms with van der Waals surface area (Å²) in [6.45, 7) is 7.83. The van der Waals surface area contributed by atoms with Crippen molar-refractivity contribution in [3.63, 3.8) is 0 Å². The van der Waals surface area contributed by atoms with Crippen LogP contribution in [0, 0.1) is 20.8 Å². The number of hydrogen-bond acceptors (Lipinski definition) is 5. The number of benzene rings is 1. The van der Waals surface area contributed by atoms with E-state index in [0.717, 1.165) is 59.3 Å². The van der Waals surface area contributed by atoms with Crippen molar-refractivity contribution in [2.75, 3.05) is 12.4 Å². The molecule has 1 fully saturated rings. The summed E-state index contributed by atoms with van der Waals surface area (Å²) >= 11 is 1.44. The second-order valence-corrected chi connectivity index (χ2v) is 9.21. The Bertz CT molecular complexity index is 1280. The van der Waals surface area contributed by atoms with Crippen molar-refractivity contribution >= 4 is 34.1 Å². The zero-order valence-electron chi connectivity index (χ0n) is 18.1. The molecule has 1 atom stereocenters. The first kappa shape index (κ1) is 20.3. The minimum Gasteiger partial charge on any atom is -0.376 e. The molecule has 7 heteroatoms. The summed E-state index contributed by atoms with van der Waals surface area (Å²) in [6, 6.07) is 12.3. The van der Waals surface area contributed by atoms with Gasteiger partial charge in [0.15, 0.2) is 16.6 Å². The van der Waals surface area contributed by atoms with E-state index in [1.54, 1.807) is 0 Å². The van der Waals surface area contributed by atoms with Crippen LogP contribution in [0.4, 0.5) is 0 Å².